The zero-order chi connectivity index (χ0) is 17.4. The van der Waals surface area contributed by atoms with Crippen LogP contribution < -0.4 is 0 Å². The molecule has 0 unspecified atom stereocenters. The standard InChI is InChI=1S/C19H24N4O2/c1-2-23-11-16(9-20-23)19(25)22-12-17(18(24)13-22)21-8-7-14-5-3-4-6-15(14)10-21/h3-6,9,11,17-18,24H,2,7-8,10,12-13H2,1H3/t17-,18-/m1/s1. The van der Waals surface area contributed by atoms with Crippen LogP contribution in [-0.2, 0) is 19.5 Å². The molecule has 0 aliphatic carbocycles. The molecule has 1 fully saturated rings. The minimum absolute atomic E-state index is 0.00136. The number of benzene rings is 1. The highest BCUT2D eigenvalue weighted by atomic mass is 16.3. The molecule has 0 radical (unpaired) electrons. The fourth-order valence-electron chi connectivity index (χ4n) is 3.92. The third-order valence-electron chi connectivity index (χ3n) is 5.38. The lowest BCUT2D eigenvalue weighted by Gasteiger charge is -2.34. The first kappa shape index (κ1) is 16.3. The number of rotatable bonds is 3. The fraction of sp³-hybridized carbons (Fsp3) is 0.474. The number of amides is 1. The molecule has 1 amide bonds. The summed E-state index contributed by atoms with van der Waals surface area (Å²) >= 11 is 0. The topological polar surface area (TPSA) is 61.6 Å². The van der Waals surface area contributed by atoms with Gasteiger partial charge in [-0.2, -0.15) is 5.10 Å². The molecule has 0 bridgehead atoms. The summed E-state index contributed by atoms with van der Waals surface area (Å²) in [6.45, 7) is 5.46. The van der Waals surface area contributed by atoms with E-state index in [1.54, 1.807) is 22.0 Å². The number of aliphatic hydroxyl groups is 1. The Morgan fingerprint density at radius 2 is 2.08 bits per heavy atom. The zero-order valence-electron chi connectivity index (χ0n) is 14.5. The number of nitrogens with zero attached hydrogens (tertiary/aromatic N) is 4. The van der Waals surface area contributed by atoms with Crippen molar-refractivity contribution in [2.45, 2.75) is 38.6 Å². The molecular formula is C19H24N4O2. The number of aromatic nitrogens is 2. The van der Waals surface area contributed by atoms with Crippen LogP contribution in [0, 0.1) is 0 Å². The van der Waals surface area contributed by atoms with Crippen molar-refractivity contribution in [2.75, 3.05) is 19.6 Å². The number of aliphatic hydroxyl groups excluding tert-OH is 1. The molecule has 2 aliphatic rings. The van der Waals surface area contributed by atoms with E-state index in [1.807, 2.05) is 6.92 Å². The Bertz CT molecular complexity index is 772. The van der Waals surface area contributed by atoms with E-state index in [4.69, 9.17) is 0 Å². The quantitative estimate of drug-likeness (QED) is 0.910. The predicted molar refractivity (Wildman–Crippen MR) is 94.2 cm³/mol. The molecule has 0 spiro atoms. The summed E-state index contributed by atoms with van der Waals surface area (Å²) in [5, 5.41) is 14.7. The van der Waals surface area contributed by atoms with Gasteiger partial charge in [0.05, 0.1) is 23.9 Å². The average Bonchev–Trinajstić information content (AvgIpc) is 3.27. The molecule has 132 valence electrons. The van der Waals surface area contributed by atoms with Crippen molar-refractivity contribution in [1.82, 2.24) is 19.6 Å². The zero-order valence-corrected chi connectivity index (χ0v) is 14.5. The maximum Gasteiger partial charge on any atom is 0.257 e. The Kier molecular flexibility index (Phi) is 4.31. The maximum absolute atomic E-state index is 12.7. The van der Waals surface area contributed by atoms with E-state index < -0.39 is 6.10 Å². The van der Waals surface area contributed by atoms with Gasteiger partial charge in [0.25, 0.3) is 5.91 Å². The van der Waals surface area contributed by atoms with Gasteiger partial charge in [-0.3, -0.25) is 14.4 Å². The van der Waals surface area contributed by atoms with Gasteiger partial charge in [0.2, 0.25) is 0 Å². The normalized spacial score (nSPS) is 23.7. The van der Waals surface area contributed by atoms with Gasteiger partial charge in [0.1, 0.15) is 0 Å². The Labute approximate surface area is 147 Å². The monoisotopic (exact) mass is 340 g/mol. The molecule has 1 aromatic carbocycles. The van der Waals surface area contributed by atoms with Gasteiger partial charge < -0.3 is 10.0 Å². The number of likely N-dealkylation sites (tertiary alicyclic amines) is 1. The van der Waals surface area contributed by atoms with E-state index in [9.17, 15) is 9.90 Å². The smallest absolute Gasteiger partial charge is 0.257 e. The van der Waals surface area contributed by atoms with Gasteiger partial charge in [-0.05, 0) is 24.5 Å². The lowest BCUT2D eigenvalue weighted by atomic mass is 9.98. The van der Waals surface area contributed by atoms with Gasteiger partial charge >= 0.3 is 0 Å². The largest absolute Gasteiger partial charge is 0.390 e. The molecule has 2 aliphatic heterocycles. The molecule has 2 atom stereocenters. The van der Waals surface area contributed by atoms with Crippen LogP contribution in [0.5, 0.6) is 0 Å². The SMILES string of the molecule is CCn1cc(C(=O)N2C[C@@H](O)[C@H](N3CCc4ccccc4C3)C2)cn1. The number of β-amino-alcohol motifs (C(OH)–C–C–N with tert-alkyl or cyclic N) is 1. The van der Waals surface area contributed by atoms with Gasteiger partial charge in [-0.15, -0.1) is 0 Å². The van der Waals surface area contributed by atoms with Crippen LogP contribution in [0.1, 0.15) is 28.4 Å². The molecule has 6 nitrogen and oxygen atoms in total. The van der Waals surface area contributed by atoms with Crippen molar-refractivity contribution >= 4 is 5.91 Å². The van der Waals surface area contributed by atoms with Crippen LogP contribution in [-0.4, -0.2) is 62.4 Å². The predicted octanol–water partition coefficient (Wildman–Crippen LogP) is 1.15. The van der Waals surface area contributed by atoms with E-state index in [0.29, 0.717) is 18.7 Å². The number of aryl methyl sites for hydroxylation is 1. The van der Waals surface area contributed by atoms with Crippen molar-refractivity contribution < 1.29 is 9.90 Å². The summed E-state index contributed by atoms with van der Waals surface area (Å²) in [4.78, 5) is 16.8. The number of hydrogen-bond donors (Lipinski definition) is 1. The molecule has 4 rings (SSSR count). The first-order valence-corrected chi connectivity index (χ1v) is 8.96. The minimum atomic E-state index is -0.504. The molecule has 1 N–H and O–H groups in total. The Morgan fingerprint density at radius 1 is 1.28 bits per heavy atom. The number of fused-ring (bicyclic) bond motifs is 1. The highest BCUT2D eigenvalue weighted by molar-refractivity contribution is 5.94. The Morgan fingerprint density at radius 3 is 2.84 bits per heavy atom. The van der Waals surface area contributed by atoms with E-state index in [2.05, 4.69) is 34.3 Å². The molecule has 1 aromatic heterocycles. The summed E-state index contributed by atoms with van der Waals surface area (Å²) in [6, 6.07) is 8.48. The van der Waals surface area contributed by atoms with E-state index in [0.717, 1.165) is 26.1 Å². The van der Waals surface area contributed by atoms with Crippen LogP contribution in [0.2, 0.25) is 0 Å². The fourth-order valence-corrected chi connectivity index (χ4v) is 3.92. The first-order chi connectivity index (χ1) is 12.2. The van der Waals surface area contributed by atoms with Gasteiger partial charge in [-0.1, -0.05) is 24.3 Å². The molecule has 0 saturated carbocycles. The summed E-state index contributed by atoms with van der Waals surface area (Å²) in [7, 11) is 0. The van der Waals surface area contributed by atoms with Crippen molar-refractivity contribution in [3.8, 4) is 0 Å². The summed E-state index contributed by atoms with van der Waals surface area (Å²) in [6.07, 6.45) is 3.88. The van der Waals surface area contributed by atoms with Crippen LogP contribution in [0.15, 0.2) is 36.7 Å². The lowest BCUT2D eigenvalue weighted by molar-refractivity contribution is 0.0735. The number of carbonyl (C=O) groups is 1. The van der Waals surface area contributed by atoms with Crippen molar-refractivity contribution in [3.05, 3.63) is 53.3 Å². The van der Waals surface area contributed by atoms with Crippen LogP contribution in [0.25, 0.3) is 0 Å². The Hall–Kier alpha value is -2.18. The number of hydrogen-bond acceptors (Lipinski definition) is 4. The van der Waals surface area contributed by atoms with Crippen LogP contribution in [0.4, 0.5) is 0 Å². The molecule has 25 heavy (non-hydrogen) atoms. The second-order valence-corrected chi connectivity index (χ2v) is 6.92. The second kappa shape index (κ2) is 6.61. The van der Waals surface area contributed by atoms with Gasteiger partial charge in [0, 0.05) is 38.9 Å². The third kappa shape index (κ3) is 3.07. The van der Waals surface area contributed by atoms with Crippen molar-refractivity contribution in [1.29, 1.82) is 0 Å². The Balaban J connectivity index is 1.45. The van der Waals surface area contributed by atoms with E-state index >= 15 is 0 Å². The minimum Gasteiger partial charge on any atom is -0.390 e. The van der Waals surface area contributed by atoms with Crippen LogP contribution in [0.3, 0.4) is 0 Å². The molecule has 3 heterocycles. The third-order valence-corrected chi connectivity index (χ3v) is 5.38. The van der Waals surface area contributed by atoms with E-state index in [1.165, 1.54) is 11.1 Å². The van der Waals surface area contributed by atoms with Gasteiger partial charge in [0.15, 0.2) is 0 Å². The number of carbonyl (C=O) groups excluding carboxylic acids is 1. The maximum atomic E-state index is 12.7. The summed E-state index contributed by atoms with van der Waals surface area (Å²) < 4.78 is 1.75. The van der Waals surface area contributed by atoms with Crippen molar-refractivity contribution in [2.24, 2.45) is 0 Å². The molecule has 1 saturated heterocycles. The molecular weight excluding hydrogens is 316 g/mol. The lowest BCUT2D eigenvalue weighted by Crippen LogP contribution is -2.45. The van der Waals surface area contributed by atoms with E-state index in [-0.39, 0.29) is 11.9 Å². The second-order valence-electron chi connectivity index (χ2n) is 6.92. The molecule has 6 heteroatoms. The van der Waals surface area contributed by atoms with Crippen molar-refractivity contribution in [3.63, 3.8) is 0 Å². The van der Waals surface area contributed by atoms with Gasteiger partial charge in [-0.25, -0.2) is 0 Å². The highest BCUT2D eigenvalue weighted by Crippen LogP contribution is 2.25. The summed E-state index contributed by atoms with van der Waals surface area (Å²) in [5.41, 5.74) is 3.32. The molecule has 2 aromatic rings. The summed E-state index contributed by atoms with van der Waals surface area (Å²) in [5.74, 6) is -0.0429. The average molecular weight is 340 g/mol. The first-order valence-electron chi connectivity index (χ1n) is 8.96. The van der Waals surface area contributed by atoms with Crippen LogP contribution >= 0.6 is 0 Å². The highest BCUT2D eigenvalue weighted by Gasteiger charge is 2.39.